The second-order valence-corrected chi connectivity index (χ2v) is 5.35. The maximum Gasteiger partial charge on any atom is 0.229 e. The minimum Gasteiger partial charge on any atom is -0.383 e. The second kappa shape index (κ2) is 4.75. The number of rotatable bonds is 1. The quantitative estimate of drug-likeness (QED) is 0.820. The van der Waals surface area contributed by atoms with Crippen LogP contribution >= 0.6 is 23.2 Å². The van der Waals surface area contributed by atoms with E-state index in [1.807, 2.05) is 13.8 Å². The van der Waals surface area contributed by atoms with E-state index in [1.54, 1.807) is 12.1 Å². The van der Waals surface area contributed by atoms with E-state index < -0.39 is 0 Å². The van der Waals surface area contributed by atoms with Gasteiger partial charge in [0.2, 0.25) is 5.91 Å². The van der Waals surface area contributed by atoms with Gasteiger partial charge in [0.1, 0.15) is 0 Å². The molecule has 1 unspecified atom stereocenters. The standard InChI is InChI=1S/C12H14Cl2N2O/c1-6(2)7-5-15-10-3-8(13)9(14)4-11(10)16-12(7)17/h3-4,6-7,15H,5H2,1-2H3,(H,16,17). The predicted molar refractivity (Wildman–Crippen MR) is 71.9 cm³/mol. The molecule has 1 aromatic rings. The van der Waals surface area contributed by atoms with Gasteiger partial charge in [-0.05, 0) is 18.1 Å². The molecule has 1 aliphatic rings. The normalized spacial score (nSPS) is 19.4. The summed E-state index contributed by atoms with van der Waals surface area (Å²) in [6.07, 6.45) is 0. The molecule has 1 amide bonds. The van der Waals surface area contributed by atoms with E-state index in [9.17, 15) is 4.79 Å². The molecule has 0 saturated carbocycles. The molecule has 92 valence electrons. The smallest absolute Gasteiger partial charge is 0.229 e. The molecule has 1 aliphatic heterocycles. The Balaban J connectivity index is 2.35. The number of amides is 1. The summed E-state index contributed by atoms with van der Waals surface area (Å²) in [5.41, 5.74) is 1.50. The summed E-state index contributed by atoms with van der Waals surface area (Å²) in [5.74, 6) is 0.243. The Morgan fingerprint density at radius 3 is 2.41 bits per heavy atom. The molecule has 1 atom stereocenters. The van der Waals surface area contributed by atoms with Crippen LogP contribution in [0.5, 0.6) is 0 Å². The van der Waals surface area contributed by atoms with Crippen LogP contribution in [0.15, 0.2) is 12.1 Å². The number of halogens is 2. The Labute approximate surface area is 110 Å². The van der Waals surface area contributed by atoms with Crippen molar-refractivity contribution in [2.24, 2.45) is 11.8 Å². The first-order chi connectivity index (χ1) is 7.99. The molecule has 0 saturated heterocycles. The highest BCUT2D eigenvalue weighted by molar-refractivity contribution is 6.42. The number of anilines is 2. The van der Waals surface area contributed by atoms with E-state index in [2.05, 4.69) is 10.6 Å². The van der Waals surface area contributed by atoms with E-state index in [-0.39, 0.29) is 17.7 Å². The van der Waals surface area contributed by atoms with Gasteiger partial charge in [-0.2, -0.15) is 0 Å². The van der Waals surface area contributed by atoms with Crippen molar-refractivity contribution in [3.05, 3.63) is 22.2 Å². The average Bonchev–Trinajstić information content (AvgIpc) is 2.38. The molecule has 0 aromatic heterocycles. The molecule has 2 rings (SSSR count). The van der Waals surface area contributed by atoms with Crippen LogP contribution in [0.3, 0.4) is 0 Å². The lowest BCUT2D eigenvalue weighted by molar-refractivity contribution is -0.120. The van der Waals surface area contributed by atoms with Gasteiger partial charge in [-0.1, -0.05) is 37.0 Å². The lowest BCUT2D eigenvalue weighted by atomic mass is 9.95. The van der Waals surface area contributed by atoms with Crippen molar-refractivity contribution in [1.29, 1.82) is 0 Å². The monoisotopic (exact) mass is 272 g/mol. The number of carbonyl (C=O) groups excluding carboxylic acids is 1. The summed E-state index contributed by atoms with van der Waals surface area (Å²) in [5, 5.41) is 7.03. The van der Waals surface area contributed by atoms with Crippen molar-refractivity contribution in [2.75, 3.05) is 17.2 Å². The van der Waals surface area contributed by atoms with Crippen LogP contribution in [-0.2, 0) is 4.79 Å². The van der Waals surface area contributed by atoms with E-state index >= 15 is 0 Å². The fourth-order valence-corrected chi connectivity index (χ4v) is 2.20. The van der Waals surface area contributed by atoms with Crippen LogP contribution in [0.4, 0.5) is 11.4 Å². The molecular formula is C12H14Cl2N2O. The average molecular weight is 273 g/mol. The molecule has 2 N–H and O–H groups in total. The molecule has 17 heavy (non-hydrogen) atoms. The van der Waals surface area contributed by atoms with Crippen molar-refractivity contribution in [2.45, 2.75) is 13.8 Å². The summed E-state index contributed by atoms with van der Waals surface area (Å²) >= 11 is 11.9. The largest absolute Gasteiger partial charge is 0.383 e. The predicted octanol–water partition coefficient (Wildman–Crippen LogP) is 3.63. The van der Waals surface area contributed by atoms with Crippen LogP contribution in [0.25, 0.3) is 0 Å². The van der Waals surface area contributed by atoms with Crippen LogP contribution in [0.2, 0.25) is 10.0 Å². The molecule has 0 aliphatic carbocycles. The first-order valence-corrected chi connectivity index (χ1v) is 6.28. The zero-order valence-corrected chi connectivity index (χ0v) is 11.2. The summed E-state index contributed by atoms with van der Waals surface area (Å²) in [7, 11) is 0. The maximum absolute atomic E-state index is 12.0. The maximum atomic E-state index is 12.0. The van der Waals surface area contributed by atoms with Crippen molar-refractivity contribution >= 4 is 40.5 Å². The number of nitrogens with one attached hydrogen (secondary N) is 2. The minimum absolute atomic E-state index is 0.0182. The SMILES string of the molecule is CC(C)C1CNc2cc(Cl)c(Cl)cc2NC1=O. The summed E-state index contributed by atoms with van der Waals surface area (Å²) < 4.78 is 0. The molecule has 1 aromatic carbocycles. The van der Waals surface area contributed by atoms with Crippen LogP contribution in [-0.4, -0.2) is 12.5 Å². The second-order valence-electron chi connectivity index (χ2n) is 4.53. The van der Waals surface area contributed by atoms with Crippen molar-refractivity contribution in [3.8, 4) is 0 Å². The van der Waals surface area contributed by atoms with Crippen molar-refractivity contribution < 1.29 is 4.79 Å². The molecule has 0 bridgehead atoms. The Bertz CT molecular complexity index is 460. The van der Waals surface area contributed by atoms with Gasteiger partial charge < -0.3 is 10.6 Å². The highest BCUT2D eigenvalue weighted by atomic mass is 35.5. The minimum atomic E-state index is -0.0556. The molecule has 0 fully saturated rings. The molecule has 0 radical (unpaired) electrons. The number of fused-ring (bicyclic) bond motifs is 1. The van der Waals surface area contributed by atoms with Gasteiger partial charge in [0, 0.05) is 6.54 Å². The Morgan fingerprint density at radius 2 is 1.82 bits per heavy atom. The molecular weight excluding hydrogens is 259 g/mol. The van der Waals surface area contributed by atoms with Gasteiger partial charge in [0.25, 0.3) is 0 Å². The summed E-state index contributed by atoms with van der Waals surface area (Å²) in [4.78, 5) is 12.0. The van der Waals surface area contributed by atoms with E-state index in [0.717, 1.165) is 5.69 Å². The van der Waals surface area contributed by atoms with Crippen LogP contribution in [0.1, 0.15) is 13.8 Å². The van der Waals surface area contributed by atoms with Crippen molar-refractivity contribution in [1.82, 2.24) is 0 Å². The zero-order chi connectivity index (χ0) is 12.6. The first kappa shape index (κ1) is 12.5. The highest BCUT2D eigenvalue weighted by Gasteiger charge is 2.26. The third kappa shape index (κ3) is 2.50. The third-order valence-electron chi connectivity index (χ3n) is 2.97. The number of benzene rings is 1. The third-order valence-corrected chi connectivity index (χ3v) is 3.69. The van der Waals surface area contributed by atoms with Crippen LogP contribution < -0.4 is 10.6 Å². The van der Waals surface area contributed by atoms with Gasteiger partial charge in [-0.15, -0.1) is 0 Å². The lowest BCUT2D eigenvalue weighted by Crippen LogP contribution is -2.29. The number of carbonyl (C=O) groups is 1. The fourth-order valence-electron chi connectivity index (χ4n) is 1.87. The van der Waals surface area contributed by atoms with E-state index in [0.29, 0.717) is 22.3 Å². The van der Waals surface area contributed by atoms with Gasteiger partial charge in [0.15, 0.2) is 0 Å². The Kier molecular flexibility index (Phi) is 3.50. The summed E-state index contributed by atoms with van der Waals surface area (Å²) in [6, 6.07) is 3.41. The van der Waals surface area contributed by atoms with Crippen molar-refractivity contribution in [3.63, 3.8) is 0 Å². The van der Waals surface area contributed by atoms with Gasteiger partial charge in [-0.3, -0.25) is 4.79 Å². The molecule has 1 heterocycles. The van der Waals surface area contributed by atoms with Crippen LogP contribution in [0, 0.1) is 11.8 Å². The topological polar surface area (TPSA) is 41.1 Å². The van der Waals surface area contributed by atoms with Gasteiger partial charge in [0.05, 0.1) is 27.3 Å². The first-order valence-electron chi connectivity index (χ1n) is 5.53. The number of hydrogen-bond acceptors (Lipinski definition) is 2. The molecule has 0 spiro atoms. The van der Waals surface area contributed by atoms with E-state index in [4.69, 9.17) is 23.2 Å². The Hall–Kier alpha value is -0.930. The van der Waals surface area contributed by atoms with Gasteiger partial charge in [-0.25, -0.2) is 0 Å². The van der Waals surface area contributed by atoms with Gasteiger partial charge >= 0.3 is 0 Å². The fraction of sp³-hybridized carbons (Fsp3) is 0.417. The Morgan fingerprint density at radius 1 is 1.24 bits per heavy atom. The highest BCUT2D eigenvalue weighted by Crippen LogP contribution is 2.34. The lowest BCUT2D eigenvalue weighted by Gasteiger charge is -2.16. The number of hydrogen-bond donors (Lipinski definition) is 2. The molecule has 5 heteroatoms. The van der Waals surface area contributed by atoms with E-state index in [1.165, 1.54) is 0 Å². The summed E-state index contributed by atoms with van der Waals surface area (Å²) in [6.45, 7) is 4.66. The molecule has 3 nitrogen and oxygen atoms in total. The zero-order valence-electron chi connectivity index (χ0n) is 9.68.